The zero-order valence-corrected chi connectivity index (χ0v) is 9.30. The molecule has 0 N–H and O–H groups in total. The van der Waals surface area contributed by atoms with E-state index >= 15 is 0 Å². The van der Waals surface area contributed by atoms with Gasteiger partial charge in [0, 0.05) is 11.5 Å². The lowest BCUT2D eigenvalue weighted by Crippen LogP contribution is -2.23. The van der Waals surface area contributed by atoms with E-state index < -0.39 is 0 Å². The van der Waals surface area contributed by atoms with Crippen molar-refractivity contribution in [3.05, 3.63) is 59.7 Å². The second-order valence-corrected chi connectivity index (χ2v) is 4.09. The van der Waals surface area contributed by atoms with Gasteiger partial charge in [0.05, 0.1) is 0 Å². The number of hydrogen-bond donors (Lipinski definition) is 0. The molecule has 0 aromatic heterocycles. The topological polar surface area (TPSA) is 18.5 Å². The summed E-state index contributed by atoms with van der Waals surface area (Å²) in [4.78, 5) is 10.3. The minimum atomic E-state index is 0.140. The van der Waals surface area contributed by atoms with Gasteiger partial charge in [0.2, 0.25) is 0 Å². The summed E-state index contributed by atoms with van der Waals surface area (Å²) in [6, 6.07) is 15.8. The van der Waals surface area contributed by atoms with E-state index in [0.29, 0.717) is 6.61 Å². The van der Waals surface area contributed by atoms with Gasteiger partial charge in [-0.15, -0.1) is 0 Å². The van der Waals surface area contributed by atoms with Gasteiger partial charge in [0.15, 0.2) is 5.75 Å². The summed E-state index contributed by atoms with van der Waals surface area (Å²) >= 11 is 0. The van der Waals surface area contributed by atoms with Crippen LogP contribution in [0.25, 0.3) is 0 Å². The zero-order chi connectivity index (χ0) is 11.7. The van der Waals surface area contributed by atoms with Crippen molar-refractivity contribution in [2.75, 3.05) is 6.61 Å². The number of benzene rings is 2. The number of para-hydroxylation sites is 1. The molecule has 0 fully saturated rings. The third-order valence-electron chi connectivity index (χ3n) is 3.05. The van der Waals surface area contributed by atoms with Gasteiger partial charge in [-0.25, -0.2) is 0 Å². The Morgan fingerprint density at radius 2 is 1.65 bits per heavy atom. The first kappa shape index (κ1) is 10.4. The lowest BCUT2D eigenvalue weighted by molar-refractivity contribution is -0.218. The Hall–Kier alpha value is -1.74. The van der Waals surface area contributed by atoms with Crippen LogP contribution in [0.15, 0.2) is 48.5 Å². The fourth-order valence-electron chi connectivity index (χ4n) is 2.19. The molecule has 0 amide bonds. The van der Waals surface area contributed by atoms with E-state index in [-0.39, 0.29) is 5.92 Å². The minimum Gasteiger partial charge on any atom is -0.337 e. The fourth-order valence-corrected chi connectivity index (χ4v) is 2.19. The molecule has 3 rings (SSSR count). The maximum atomic E-state index is 6.01. The summed E-state index contributed by atoms with van der Waals surface area (Å²) in [5.41, 5.74) is 3.00. The standard InChI is InChI=1S/C14H11BO2/c15-13-7-3-1-5-10(13)12-9-16-17-14-8-4-2-6-11(12)14/h1-8,12H,9H2. The molecule has 2 radical (unpaired) electrons. The molecule has 1 heterocycles. The smallest absolute Gasteiger partial charge is 0.169 e. The summed E-state index contributed by atoms with van der Waals surface area (Å²) in [5, 5.41) is 0. The normalized spacial score (nSPS) is 18.2. The highest BCUT2D eigenvalue weighted by molar-refractivity contribution is 6.33. The fraction of sp³-hybridized carbons (Fsp3) is 0.143. The number of rotatable bonds is 1. The van der Waals surface area contributed by atoms with Crippen LogP contribution in [0.5, 0.6) is 5.75 Å². The van der Waals surface area contributed by atoms with Crippen LogP contribution in [0.2, 0.25) is 0 Å². The van der Waals surface area contributed by atoms with Crippen molar-refractivity contribution in [2.24, 2.45) is 0 Å². The van der Waals surface area contributed by atoms with E-state index in [0.717, 1.165) is 22.3 Å². The minimum absolute atomic E-state index is 0.140. The van der Waals surface area contributed by atoms with E-state index in [2.05, 4.69) is 6.07 Å². The molecule has 3 heteroatoms. The average molecular weight is 222 g/mol. The Morgan fingerprint density at radius 1 is 0.941 bits per heavy atom. The highest BCUT2D eigenvalue weighted by atomic mass is 17.2. The maximum absolute atomic E-state index is 6.01. The molecule has 0 aliphatic carbocycles. The lowest BCUT2D eigenvalue weighted by Gasteiger charge is -2.25. The zero-order valence-electron chi connectivity index (χ0n) is 9.30. The van der Waals surface area contributed by atoms with Crippen LogP contribution >= 0.6 is 0 Å². The quantitative estimate of drug-likeness (QED) is 0.542. The van der Waals surface area contributed by atoms with Gasteiger partial charge in [-0.05, 0) is 11.6 Å². The van der Waals surface area contributed by atoms with Crippen molar-refractivity contribution < 1.29 is 9.78 Å². The van der Waals surface area contributed by atoms with Crippen LogP contribution < -0.4 is 10.4 Å². The van der Waals surface area contributed by atoms with Crippen LogP contribution in [0.4, 0.5) is 0 Å². The first-order valence-corrected chi connectivity index (χ1v) is 5.59. The van der Waals surface area contributed by atoms with Crippen molar-refractivity contribution in [1.29, 1.82) is 0 Å². The largest absolute Gasteiger partial charge is 0.337 e. The highest BCUT2D eigenvalue weighted by Crippen LogP contribution is 2.34. The molecule has 1 unspecified atom stereocenters. The summed E-state index contributed by atoms with van der Waals surface area (Å²) < 4.78 is 0. The molecular weight excluding hydrogens is 211 g/mol. The van der Waals surface area contributed by atoms with Crippen molar-refractivity contribution >= 4 is 13.3 Å². The summed E-state index contributed by atoms with van der Waals surface area (Å²) in [7, 11) is 6.01. The van der Waals surface area contributed by atoms with Gasteiger partial charge in [-0.3, -0.25) is 0 Å². The predicted octanol–water partition coefficient (Wildman–Crippen LogP) is 1.94. The summed E-state index contributed by atoms with van der Waals surface area (Å²) in [6.07, 6.45) is 0. The molecule has 1 aliphatic heterocycles. The highest BCUT2D eigenvalue weighted by Gasteiger charge is 2.24. The third-order valence-corrected chi connectivity index (χ3v) is 3.05. The second-order valence-electron chi connectivity index (χ2n) is 4.09. The van der Waals surface area contributed by atoms with E-state index in [1.54, 1.807) is 0 Å². The van der Waals surface area contributed by atoms with Crippen LogP contribution in [-0.4, -0.2) is 14.5 Å². The van der Waals surface area contributed by atoms with Crippen molar-refractivity contribution in [3.8, 4) is 5.75 Å². The van der Waals surface area contributed by atoms with Gasteiger partial charge < -0.3 is 4.89 Å². The molecule has 0 saturated heterocycles. The monoisotopic (exact) mass is 222 g/mol. The second kappa shape index (κ2) is 4.26. The number of hydrogen-bond acceptors (Lipinski definition) is 2. The number of fused-ring (bicyclic) bond motifs is 1. The van der Waals surface area contributed by atoms with Crippen LogP contribution in [0.3, 0.4) is 0 Å². The molecule has 1 aliphatic rings. The Kier molecular flexibility index (Phi) is 2.61. The first-order chi connectivity index (χ1) is 8.36. The Balaban J connectivity index is 2.09. The molecule has 82 valence electrons. The third kappa shape index (κ3) is 1.83. The molecule has 0 spiro atoms. The van der Waals surface area contributed by atoms with E-state index in [4.69, 9.17) is 17.6 Å². The van der Waals surface area contributed by atoms with Crippen molar-refractivity contribution in [1.82, 2.24) is 0 Å². The summed E-state index contributed by atoms with van der Waals surface area (Å²) in [5.74, 6) is 0.910. The Morgan fingerprint density at radius 3 is 2.47 bits per heavy atom. The molecule has 0 bridgehead atoms. The Labute approximate surface area is 102 Å². The molecule has 1 atom stereocenters. The van der Waals surface area contributed by atoms with Crippen LogP contribution in [-0.2, 0) is 4.89 Å². The molecular formula is C14H11BO2. The molecule has 2 nitrogen and oxygen atoms in total. The van der Waals surface area contributed by atoms with Gasteiger partial charge in [0.1, 0.15) is 14.5 Å². The van der Waals surface area contributed by atoms with Gasteiger partial charge in [-0.1, -0.05) is 47.9 Å². The maximum Gasteiger partial charge on any atom is 0.169 e. The first-order valence-electron chi connectivity index (χ1n) is 5.59. The lowest BCUT2D eigenvalue weighted by atomic mass is 9.81. The average Bonchev–Trinajstić information content (AvgIpc) is 2.39. The van der Waals surface area contributed by atoms with Gasteiger partial charge in [-0.2, -0.15) is 4.89 Å². The van der Waals surface area contributed by atoms with E-state index in [9.17, 15) is 0 Å². The summed E-state index contributed by atoms with van der Waals surface area (Å²) in [6.45, 7) is 0.491. The predicted molar refractivity (Wildman–Crippen MR) is 66.7 cm³/mol. The van der Waals surface area contributed by atoms with Crippen molar-refractivity contribution in [3.63, 3.8) is 0 Å². The van der Waals surface area contributed by atoms with E-state index in [1.165, 1.54) is 0 Å². The van der Waals surface area contributed by atoms with Crippen LogP contribution in [0.1, 0.15) is 17.0 Å². The van der Waals surface area contributed by atoms with Gasteiger partial charge >= 0.3 is 0 Å². The molecule has 2 aromatic carbocycles. The molecule has 17 heavy (non-hydrogen) atoms. The van der Waals surface area contributed by atoms with Crippen LogP contribution in [0, 0.1) is 0 Å². The van der Waals surface area contributed by atoms with Gasteiger partial charge in [0.25, 0.3) is 0 Å². The van der Waals surface area contributed by atoms with Crippen molar-refractivity contribution in [2.45, 2.75) is 5.92 Å². The van der Waals surface area contributed by atoms with E-state index in [1.807, 2.05) is 42.5 Å². The molecule has 2 aromatic rings. The SMILES string of the molecule is [B]c1ccccc1C1COOc2ccccc21. The Bertz CT molecular complexity index is 539. The molecule has 0 saturated carbocycles.